The molecule has 22 heavy (non-hydrogen) atoms. The van der Waals surface area contributed by atoms with E-state index in [0.717, 1.165) is 23.2 Å². The highest BCUT2D eigenvalue weighted by Gasteiger charge is 2.32. The van der Waals surface area contributed by atoms with Crippen molar-refractivity contribution in [2.24, 2.45) is 0 Å². The molecule has 0 saturated heterocycles. The van der Waals surface area contributed by atoms with E-state index in [2.05, 4.69) is 5.10 Å². The van der Waals surface area contributed by atoms with Gasteiger partial charge in [0.1, 0.15) is 11.3 Å². The number of aromatic nitrogens is 2. The fourth-order valence-electron chi connectivity index (χ4n) is 2.51. The first-order chi connectivity index (χ1) is 10.5. The van der Waals surface area contributed by atoms with Gasteiger partial charge in [0, 0.05) is 17.0 Å². The molecule has 0 aliphatic rings. The highest BCUT2D eigenvalue weighted by molar-refractivity contribution is 6.07. The number of halogens is 3. The summed E-state index contributed by atoms with van der Waals surface area (Å²) >= 11 is 0. The van der Waals surface area contributed by atoms with Crippen LogP contribution in [-0.4, -0.2) is 9.78 Å². The van der Waals surface area contributed by atoms with Crippen molar-refractivity contribution in [3.63, 3.8) is 0 Å². The fourth-order valence-corrected chi connectivity index (χ4v) is 2.51. The molecular formula is C16H9F3N2O. The quantitative estimate of drug-likeness (QED) is 0.506. The summed E-state index contributed by atoms with van der Waals surface area (Å²) < 4.78 is 45.1. The second-order valence-electron chi connectivity index (χ2n) is 4.92. The molecule has 0 amide bonds. The molecule has 0 aliphatic carbocycles. The summed E-state index contributed by atoms with van der Waals surface area (Å²) in [5.41, 5.74) is 0.887. The van der Waals surface area contributed by atoms with Crippen LogP contribution in [0.15, 0.2) is 59.3 Å². The summed E-state index contributed by atoms with van der Waals surface area (Å²) in [6.45, 7) is 0. The molecule has 2 aromatic carbocycles. The maximum absolute atomic E-state index is 12.7. The first-order valence-corrected chi connectivity index (χ1v) is 6.56. The Balaban J connectivity index is 1.97. The zero-order valence-corrected chi connectivity index (χ0v) is 11.1. The number of alkyl halides is 3. The molecule has 0 saturated carbocycles. The third-order valence-electron chi connectivity index (χ3n) is 3.54. The Bertz CT molecular complexity index is 982. The Morgan fingerprint density at radius 1 is 0.955 bits per heavy atom. The molecule has 0 N–H and O–H groups in total. The van der Waals surface area contributed by atoms with Crippen LogP contribution in [0.5, 0.6) is 0 Å². The lowest BCUT2D eigenvalue weighted by Crippen LogP contribution is -2.03. The van der Waals surface area contributed by atoms with Gasteiger partial charge >= 0.3 is 6.18 Å². The summed E-state index contributed by atoms with van der Waals surface area (Å²) in [6, 6.07) is 12.8. The molecule has 6 heteroatoms. The number of hydrogen-bond donors (Lipinski definition) is 0. The molecule has 0 radical (unpaired) electrons. The molecule has 4 aromatic rings. The molecule has 110 valence electrons. The van der Waals surface area contributed by atoms with Gasteiger partial charge in [0.2, 0.25) is 0 Å². The monoisotopic (exact) mass is 302 g/mol. The van der Waals surface area contributed by atoms with E-state index in [9.17, 15) is 13.2 Å². The Morgan fingerprint density at radius 2 is 1.73 bits per heavy atom. The van der Waals surface area contributed by atoms with Gasteiger partial charge in [-0.15, -0.1) is 0 Å². The Morgan fingerprint density at radius 3 is 2.50 bits per heavy atom. The Labute approximate surface area is 122 Å². The maximum Gasteiger partial charge on any atom is 0.419 e. The highest BCUT2D eigenvalue weighted by Crippen LogP contribution is 2.33. The predicted octanol–water partition coefficient (Wildman–Crippen LogP) is 4.79. The number of furan rings is 1. The zero-order valence-electron chi connectivity index (χ0n) is 11.1. The van der Waals surface area contributed by atoms with Gasteiger partial charge in [-0.3, -0.25) is 0 Å². The second kappa shape index (κ2) is 4.37. The van der Waals surface area contributed by atoms with E-state index in [1.54, 1.807) is 12.1 Å². The van der Waals surface area contributed by atoms with Gasteiger partial charge in [0.05, 0.1) is 11.8 Å². The number of fused-ring (bicyclic) bond motifs is 3. The number of nitrogens with zero attached hydrogens (tertiary/aromatic N) is 2. The van der Waals surface area contributed by atoms with Gasteiger partial charge in [0.25, 0.3) is 0 Å². The van der Waals surface area contributed by atoms with E-state index in [0.29, 0.717) is 16.9 Å². The number of rotatable bonds is 1. The highest BCUT2D eigenvalue weighted by atomic mass is 19.4. The lowest BCUT2D eigenvalue weighted by Gasteiger charge is -2.03. The molecule has 3 nitrogen and oxygen atoms in total. The first kappa shape index (κ1) is 12.9. The van der Waals surface area contributed by atoms with Crippen molar-refractivity contribution >= 4 is 21.9 Å². The summed E-state index contributed by atoms with van der Waals surface area (Å²) in [5, 5.41) is 5.57. The summed E-state index contributed by atoms with van der Waals surface area (Å²) in [7, 11) is 0. The minimum absolute atomic E-state index is 0.476. The smallest absolute Gasteiger partial charge is 0.419 e. The largest absolute Gasteiger partial charge is 0.454 e. The van der Waals surface area contributed by atoms with E-state index >= 15 is 0 Å². The van der Waals surface area contributed by atoms with Crippen LogP contribution in [-0.2, 0) is 6.18 Å². The van der Waals surface area contributed by atoms with Crippen LogP contribution < -0.4 is 0 Å². The molecule has 0 atom stereocenters. The molecule has 0 fully saturated rings. The summed E-state index contributed by atoms with van der Waals surface area (Å²) in [6.07, 6.45) is -2.65. The summed E-state index contributed by atoms with van der Waals surface area (Å²) in [5.74, 6) is 0. The van der Waals surface area contributed by atoms with Gasteiger partial charge in [-0.2, -0.15) is 18.3 Å². The normalized spacial score (nSPS) is 12.3. The molecule has 2 heterocycles. The Kier molecular flexibility index (Phi) is 2.57. The third-order valence-corrected chi connectivity index (χ3v) is 3.54. The minimum atomic E-state index is -4.42. The van der Waals surface area contributed by atoms with Crippen molar-refractivity contribution in [3.05, 3.63) is 60.4 Å². The predicted molar refractivity (Wildman–Crippen MR) is 75.8 cm³/mol. The second-order valence-corrected chi connectivity index (χ2v) is 4.92. The zero-order chi connectivity index (χ0) is 15.3. The van der Waals surface area contributed by atoms with Gasteiger partial charge in [-0.05, 0) is 12.1 Å². The number of benzene rings is 2. The topological polar surface area (TPSA) is 31.0 Å². The van der Waals surface area contributed by atoms with Gasteiger partial charge in [0.15, 0.2) is 5.58 Å². The van der Waals surface area contributed by atoms with Crippen LogP contribution in [0.1, 0.15) is 5.56 Å². The molecule has 0 bridgehead atoms. The Hall–Kier alpha value is -2.76. The van der Waals surface area contributed by atoms with Crippen molar-refractivity contribution in [3.8, 4) is 5.69 Å². The van der Waals surface area contributed by atoms with Crippen molar-refractivity contribution in [1.82, 2.24) is 9.78 Å². The van der Waals surface area contributed by atoms with Crippen molar-refractivity contribution in [1.29, 1.82) is 0 Å². The summed E-state index contributed by atoms with van der Waals surface area (Å²) in [4.78, 5) is 0. The van der Waals surface area contributed by atoms with Crippen LogP contribution in [0.25, 0.3) is 27.6 Å². The average molecular weight is 302 g/mol. The lowest BCUT2D eigenvalue weighted by molar-refractivity contribution is -0.137. The average Bonchev–Trinajstić information content (AvgIpc) is 3.11. The van der Waals surface area contributed by atoms with E-state index in [1.165, 1.54) is 4.68 Å². The van der Waals surface area contributed by atoms with Crippen LogP contribution in [0, 0.1) is 0 Å². The molecule has 2 aromatic heterocycles. The van der Waals surface area contributed by atoms with E-state index in [4.69, 9.17) is 4.42 Å². The van der Waals surface area contributed by atoms with Gasteiger partial charge in [-0.25, -0.2) is 4.68 Å². The first-order valence-electron chi connectivity index (χ1n) is 6.56. The van der Waals surface area contributed by atoms with Crippen molar-refractivity contribution in [2.75, 3.05) is 0 Å². The number of hydrogen-bond acceptors (Lipinski definition) is 2. The maximum atomic E-state index is 12.7. The molecule has 0 unspecified atom stereocenters. The van der Waals surface area contributed by atoms with Crippen LogP contribution in [0.4, 0.5) is 13.2 Å². The van der Waals surface area contributed by atoms with Gasteiger partial charge in [-0.1, -0.05) is 30.3 Å². The standard InChI is InChI=1S/C16H9F3N2O/c17-16(18,19)10-8-20-21(9-10)13-6-3-5-12-11-4-1-2-7-14(11)22-15(12)13/h1-9H. The lowest BCUT2D eigenvalue weighted by atomic mass is 10.1. The van der Waals surface area contributed by atoms with E-state index in [-0.39, 0.29) is 0 Å². The van der Waals surface area contributed by atoms with E-state index in [1.807, 2.05) is 30.3 Å². The third kappa shape index (κ3) is 1.88. The molecule has 4 rings (SSSR count). The van der Waals surface area contributed by atoms with Crippen LogP contribution in [0.3, 0.4) is 0 Å². The van der Waals surface area contributed by atoms with Crippen molar-refractivity contribution < 1.29 is 17.6 Å². The number of para-hydroxylation sites is 2. The SMILES string of the molecule is FC(F)(F)c1cnn(-c2cccc3c2oc2ccccc23)c1. The molecule has 0 spiro atoms. The van der Waals surface area contributed by atoms with Gasteiger partial charge < -0.3 is 4.42 Å². The molecular weight excluding hydrogens is 293 g/mol. The minimum Gasteiger partial charge on any atom is -0.454 e. The molecule has 0 aliphatic heterocycles. The van der Waals surface area contributed by atoms with E-state index < -0.39 is 11.7 Å². The van der Waals surface area contributed by atoms with Crippen LogP contribution >= 0.6 is 0 Å². The van der Waals surface area contributed by atoms with Crippen LogP contribution in [0.2, 0.25) is 0 Å². The van der Waals surface area contributed by atoms with Crippen molar-refractivity contribution in [2.45, 2.75) is 6.18 Å². The fraction of sp³-hybridized carbons (Fsp3) is 0.0625.